The molecule has 0 bridgehead atoms. The molecule has 0 aliphatic rings. The molecule has 0 aromatic rings. The number of hydrogen-bond acceptors (Lipinski definition) is 5. The summed E-state index contributed by atoms with van der Waals surface area (Å²) in [7, 11) is 0. The molecule has 0 radical (unpaired) electrons. The van der Waals surface area contributed by atoms with Gasteiger partial charge in [0.1, 0.15) is 0 Å². The smallest absolute Gasteiger partial charge is 0.305 e. The molecule has 0 saturated heterocycles. The number of amides is 1. The number of rotatable bonds is 64. The zero-order valence-corrected chi connectivity index (χ0v) is 50.8. The van der Waals surface area contributed by atoms with Crippen LogP contribution in [0.1, 0.15) is 380 Å². The molecule has 1 amide bonds. The summed E-state index contributed by atoms with van der Waals surface area (Å²) in [5.41, 5.74) is 0. The molecule has 0 aliphatic heterocycles. The Kier molecular flexibility index (Phi) is 63.4. The first kappa shape index (κ1) is 73.3. The van der Waals surface area contributed by atoms with Crippen molar-refractivity contribution in [3.63, 3.8) is 0 Å². The Labute approximate surface area is 469 Å². The van der Waals surface area contributed by atoms with Crippen molar-refractivity contribution < 1.29 is 24.5 Å². The summed E-state index contributed by atoms with van der Waals surface area (Å²) in [6.07, 6.45) is 80.7. The van der Waals surface area contributed by atoms with Crippen molar-refractivity contribution in [1.29, 1.82) is 0 Å². The van der Waals surface area contributed by atoms with Crippen LogP contribution < -0.4 is 5.32 Å². The summed E-state index contributed by atoms with van der Waals surface area (Å²) in [5, 5.41) is 23.3. The first-order chi connectivity index (χ1) is 37.0. The monoisotopic (exact) mass is 1060 g/mol. The topological polar surface area (TPSA) is 95.9 Å². The van der Waals surface area contributed by atoms with Crippen molar-refractivity contribution in [3.8, 4) is 0 Å². The highest BCUT2D eigenvalue weighted by Crippen LogP contribution is 2.18. The van der Waals surface area contributed by atoms with Gasteiger partial charge in [-0.25, -0.2) is 0 Å². The zero-order valence-electron chi connectivity index (χ0n) is 50.8. The molecule has 0 aliphatic carbocycles. The van der Waals surface area contributed by atoms with Gasteiger partial charge in [-0.2, -0.15) is 0 Å². The largest absolute Gasteiger partial charge is 0.466 e. The van der Waals surface area contributed by atoms with Gasteiger partial charge in [-0.3, -0.25) is 9.59 Å². The van der Waals surface area contributed by atoms with E-state index in [1.165, 1.54) is 302 Å². The van der Waals surface area contributed by atoms with Gasteiger partial charge in [-0.05, 0) is 77.0 Å². The van der Waals surface area contributed by atoms with Gasteiger partial charge in [0.15, 0.2) is 0 Å². The normalized spacial score (nSPS) is 12.6. The minimum absolute atomic E-state index is 0.0121. The van der Waals surface area contributed by atoms with Crippen molar-refractivity contribution in [2.45, 2.75) is 392 Å². The minimum Gasteiger partial charge on any atom is -0.466 e. The van der Waals surface area contributed by atoms with Crippen molar-refractivity contribution in [3.05, 3.63) is 24.3 Å². The number of nitrogens with one attached hydrogen (secondary N) is 1. The van der Waals surface area contributed by atoms with Crippen molar-refractivity contribution in [2.24, 2.45) is 0 Å². The third kappa shape index (κ3) is 61.4. The van der Waals surface area contributed by atoms with Crippen molar-refractivity contribution >= 4 is 11.9 Å². The average molecular weight is 1060 g/mol. The number of carbonyl (C=O) groups is 2. The highest BCUT2D eigenvalue weighted by Gasteiger charge is 2.20. The van der Waals surface area contributed by atoms with E-state index in [-0.39, 0.29) is 18.5 Å². The third-order valence-electron chi connectivity index (χ3n) is 16.0. The van der Waals surface area contributed by atoms with E-state index in [9.17, 15) is 19.8 Å². The quantitative estimate of drug-likeness (QED) is 0.0320. The summed E-state index contributed by atoms with van der Waals surface area (Å²) < 4.78 is 5.50. The van der Waals surface area contributed by atoms with E-state index in [1.54, 1.807) is 0 Å². The molecule has 0 aromatic heterocycles. The highest BCUT2D eigenvalue weighted by atomic mass is 16.5. The molecular formula is C69H133NO5. The lowest BCUT2D eigenvalue weighted by molar-refractivity contribution is -0.143. The van der Waals surface area contributed by atoms with Gasteiger partial charge >= 0.3 is 5.97 Å². The molecule has 0 aromatic carbocycles. The van der Waals surface area contributed by atoms with Crippen LogP contribution >= 0.6 is 0 Å². The van der Waals surface area contributed by atoms with Gasteiger partial charge in [0.2, 0.25) is 5.91 Å². The van der Waals surface area contributed by atoms with Crippen LogP contribution in [-0.2, 0) is 14.3 Å². The molecule has 0 spiro atoms. The highest BCUT2D eigenvalue weighted by molar-refractivity contribution is 5.76. The Morgan fingerprint density at radius 2 is 0.627 bits per heavy atom. The molecule has 0 fully saturated rings. The van der Waals surface area contributed by atoms with Gasteiger partial charge in [0.05, 0.1) is 25.4 Å². The fourth-order valence-corrected chi connectivity index (χ4v) is 10.7. The Morgan fingerprint density at radius 3 is 0.947 bits per heavy atom. The molecule has 2 atom stereocenters. The number of aliphatic hydroxyl groups is 2. The lowest BCUT2D eigenvalue weighted by Crippen LogP contribution is -2.45. The van der Waals surface area contributed by atoms with Crippen LogP contribution in [0.25, 0.3) is 0 Å². The van der Waals surface area contributed by atoms with Crippen molar-refractivity contribution in [2.75, 3.05) is 13.2 Å². The Hall–Kier alpha value is -1.66. The van der Waals surface area contributed by atoms with Gasteiger partial charge in [-0.1, -0.05) is 314 Å². The molecule has 3 N–H and O–H groups in total. The van der Waals surface area contributed by atoms with Gasteiger partial charge in [0, 0.05) is 12.8 Å². The SMILES string of the molecule is CCCCCCCCC/C=C\CCCCCCCCCC(=O)OCCCCCCCCCCCCCC/C=C\CCCCCCCCCCCCC(=O)NC(CO)C(O)CCCCCCCCCCCCCCCC. The second-order valence-electron chi connectivity index (χ2n) is 23.5. The summed E-state index contributed by atoms with van der Waals surface area (Å²) in [4.78, 5) is 24.6. The number of carbonyl (C=O) groups excluding carboxylic acids is 2. The lowest BCUT2D eigenvalue weighted by atomic mass is 10.0. The zero-order chi connectivity index (χ0) is 54.3. The lowest BCUT2D eigenvalue weighted by Gasteiger charge is -2.22. The van der Waals surface area contributed by atoms with Crippen LogP contribution in [0, 0.1) is 0 Å². The van der Waals surface area contributed by atoms with Crippen LogP contribution in [0.15, 0.2) is 24.3 Å². The maximum Gasteiger partial charge on any atom is 0.305 e. The molecule has 2 unspecified atom stereocenters. The van der Waals surface area contributed by atoms with Crippen LogP contribution in [0.3, 0.4) is 0 Å². The van der Waals surface area contributed by atoms with Gasteiger partial charge in [-0.15, -0.1) is 0 Å². The molecule has 0 rings (SSSR count). The van der Waals surface area contributed by atoms with Gasteiger partial charge < -0.3 is 20.3 Å². The summed E-state index contributed by atoms with van der Waals surface area (Å²) in [6, 6.07) is -0.542. The predicted molar refractivity (Wildman–Crippen MR) is 329 cm³/mol. The second kappa shape index (κ2) is 64.9. The predicted octanol–water partition coefficient (Wildman–Crippen LogP) is 21.8. The second-order valence-corrected chi connectivity index (χ2v) is 23.5. The fraction of sp³-hybridized carbons (Fsp3) is 0.913. The van der Waals surface area contributed by atoms with E-state index in [1.807, 2.05) is 0 Å². The molecule has 0 heterocycles. The fourth-order valence-electron chi connectivity index (χ4n) is 10.7. The van der Waals surface area contributed by atoms with Crippen LogP contribution in [0.5, 0.6) is 0 Å². The van der Waals surface area contributed by atoms with Gasteiger partial charge in [0.25, 0.3) is 0 Å². The molecule has 444 valence electrons. The third-order valence-corrected chi connectivity index (χ3v) is 16.0. The summed E-state index contributed by atoms with van der Waals surface area (Å²) in [5.74, 6) is -0.0227. The standard InChI is InChI=1S/C69H133NO5/c1-3-5-7-9-11-13-15-17-19-20-32-35-39-43-47-51-55-59-63-69(74)75-64-60-56-52-48-44-40-36-33-30-28-26-24-22-21-23-25-27-29-31-34-38-42-46-50-54-58-62-68(73)70-66(65-71)67(72)61-57-53-49-45-41-37-18-16-14-12-10-8-6-4-2/h19-21,23,66-67,71-72H,3-18,22,24-65H2,1-2H3,(H,70,73)/b20-19-,23-21-. The molecule has 75 heavy (non-hydrogen) atoms. The first-order valence-corrected chi connectivity index (χ1v) is 34.1. The maximum absolute atomic E-state index is 12.5. The van der Waals surface area contributed by atoms with E-state index in [0.29, 0.717) is 25.9 Å². The van der Waals surface area contributed by atoms with Crippen molar-refractivity contribution in [1.82, 2.24) is 5.32 Å². The molecule has 6 heteroatoms. The van der Waals surface area contributed by atoms with E-state index in [2.05, 4.69) is 43.5 Å². The van der Waals surface area contributed by atoms with E-state index in [4.69, 9.17) is 4.74 Å². The number of hydrogen-bond donors (Lipinski definition) is 3. The summed E-state index contributed by atoms with van der Waals surface area (Å²) in [6.45, 7) is 4.97. The number of aliphatic hydroxyl groups excluding tert-OH is 2. The van der Waals surface area contributed by atoms with E-state index < -0.39 is 12.1 Å². The molecule has 0 saturated carbocycles. The Bertz CT molecular complexity index is 1170. The number of unbranched alkanes of at least 4 members (excludes halogenated alkanes) is 49. The Morgan fingerprint density at radius 1 is 0.360 bits per heavy atom. The van der Waals surface area contributed by atoms with Crippen LogP contribution in [0.2, 0.25) is 0 Å². The number of esters is 1. The number of ether oxygens (including phenoxy) is 1. The Balaban J connectivity index is 3.37. The van der Waals surface area contributed by atoms with E-state index in [0.717, 1.165) is 44.9 Å². The van der Waals surface area contributed by atoms with Crippen LogP contribution in [-0.4, -0.2) is 47.4 Å². The average Bonchev–Trinajstić information content (AvgIpc) is 3.41. The van der Waals surface area contributed by atoms with Crippen LogP contribution in [0.4, 0.5) is 0 Å². The number of allylic oxidation sites excluding steroid dienone is 4. The molecular weight excluding hydrogens is 923 g/mol. The maximum atomic E-state index is 12.5. The first-order valence-electron chi connectivity index (χ1n) is 34.1. The summed E-state index contributed by atoms with van der Waals surface area (Å²) >= 11 is 0. The van der Waals surface area contributed by atoms with E-state index >= 15 is 0 Å². The minimum atomic E-state index is -0.665. The molecule has 6 nitrogen and oxygen atoms in total.